The van der Waals surface area contributed by atoms with Crippen molar-refractivity contribution >= 4 is 0 Å². The second-order valence-electron chi connectivity index (χ2n) is 8.15. The molecule has 1 aromatic heterocycles. The lowest BCUT2D eigenvalue weighted by molar-refractivity contribution is -0.694. The molecule has 0 spiro atoms. The molecule has 0 amide bonds. The van der Waals surface area contributed by atoms with Crippen LogP contribution >= 0.6 is 0 Å². The largest absolute Gasteiger partial charge is 0.253 e. The highest BCUT2D eigenvalue weighted by Crippen LogP contribution is 2.12. The zero-order valence-corrected chi connectivity index (χ0v) is 18.1. The summed E-state index contributed by atoms with van der Waals surface area (Å²) in [6.45, 7) is 6.07. The van der Waals surface area contributed by atoms with Crippen molar-refractivity contribution in [1.82, 2.24) is 4.57 Å². The number of imidazole rings is 1. The molecular formula is C25H40FN2+. The van der Waals surface area contributed by atoms with Gasteiger partial charge in [-0.2, -0.15) is 0 Å². The van der Waals surface area contributed by atoms with Gasteiger partial charge >= 0.3 is 0 Å². The Kier molecular flexibility index (Phi) is 10.9. The SMILES string of the molecule is CCCCCCCCCCCCCCn1cc[n+](Cc2ccccc2F)c1C. The monoisotopic (exact) mass is 387 g/mol. The third-order valence-electron chi connectivity index (χ3n) is 5.81. The van der Waals surface area contributed by atoms with E-state index in [1.165, 1.54) is 88.9 Å². The van der Waals surface area contributed by atoms with Crippen LogP contribution in [-0.2, 0) is 13.1 Å². The van der Waals surface area contributed by atoms with Crippen molar-refractivity contribution in [1.29, 1.82) is 0 Å². The van der Waals surface area contributed by atoms with Gasteiger partial charge in [-0.25, -0.2) is 13.5 Å². The first-order chi connectivity index (χ1) is 13.7. The van der Waals surface area contributed by atoms with Gasteiger partial charge in [-0.05, 0) is 18.9 Å². The van der Waals surface area contributed by atoms with E-state index >= 15 is 0 Å². The lowest BCUT2D eigenvalue weighted by atomic mass is 10.1. The van der Waals surface area contributed by atoms with Gasteiger partial charge in [0.05, 0.1) is 6.54 Å². The van der Waals surface area contributed by atoms with Crippen LogP contribution in [0.1, 0.15) is 95.4 Å². The summed E-state index contributed by atoms with van der Waals surface area (Å²) in [4.78, 5) is 0. The van der Waals surface area contributed by atoms with Crippen LogP contribution in [0.3, 0.4) is 0 Å². The number of nitrogens with zero attached hydrogens (tertiary/aromatic N) is 2. The predicted molar refractivity (Wildman–Crippen MR) is 116 cm³/mol. The van der Waals surface area contributed by atoms with Gasteiger partial charge in [-0.1, -0.05) is 89.3 Å². The number of hydrogen-bond donors (Lipinski definition) is 0. The maximum Gasteiger partial charge on any atom is 0.253 e. The average Bonchev–Trinajstić information content (AvgIpc) is 3.04. The highest BCUT2D eigenvalue weighted by atomic mass is 19.1. The molecule has 0 bridgehead atoms. The number of halogens is 1. The average molecular weight is 388 g/mol. The molecule has 0 saturated heterocycles. The van der Waals surface area contributed by atoms with E-state index in [9.17, 15) is 4.39 Å². The van der Waals surface area contributed by atoms with Crippen molar-refractivity contribution < 1.29 is 8.96 Å². The van der Waals surface area contributed by atoms with Crippen molar-refractivity contribution in [2.75, 3.05) is 0 Å². The third kappa shape index (κ3) is 8.16. The van der Waals surface area contributed by atoms with E-state index in [4.69, 9.17) is 0 Å². The van der Waals surface area contributed by atoms with Crippen molar-refractivity contribution in [3.63, 3.8) is 0 Å². The zero-order chi connectivity index (χ0) is 20.0. The van der Waals surface area contributed by atoms with Gasteiger partial charge in [-0.15, -0.1) is 0 Å². The maximum absolute atomic E-state index is 13.9. The molecule has 0 radical (unpaired) electrons. The van der Waals surface area contributed by atoms with Gasteiger partial charge in [0.15, 0.2) is 0 Å². The van der Waals surface area contributed by atoms with Gasteiger partial charge in [0, 0.05) is 12.5 Å². The number of aryl methyl sites for hydroxylation is 1. The Morgan fingerprint density at radius 3 is 2.00 bits per heavy atom. The summed E-state index contributed by atoms with van der Waals surface area (Å²) >= 11 is 0. The van der Waals surface area contributed by atoms with Crippen LogP contribution in [0.2, 0.25) is 0 Å². The Hall–Kier alpha value is -1.64. The molecule has 1 aromatic carbocycles. The molecule has 0 N–H and O–H groups in total. The number of unbranched alkanes of at least 4 members (excludes halogenated alkanes) is 11. The second kappa shape index (κ2) is 13.5. The van der Waals surface area contributed by atoms with Gasteiger partial charge in [-0.3, -0.25) is 0 Å². The van der Waals surface area contributed by atoms with Crippen LogP contribution in [0.4, 0.5) is 4.39 Å². The molecule has 2 rings (SSSR count). The minimum Gasteiger partial charge on any atom is -0.234 e. The van der Waals surface area contributed by atoms with Gasteiger partial charge in [0.25, 0.3) is 5.82 Å². The standard InChI is InChI=1S/C25H40FN2/c1-3-4-5-6-7-8-9-10-11-12-13-16-19-27-20-21-28(23(27)2)22-24-17-14-15-18-25(24)26/h14-15,17-18,20-21H,3-13,16,19,22H2,1-2H3/q+1. The quantitative estimate of drug-likeness (QED) is 0.230. The Labute approximate surface area is 171 Å². The highest BCUT2D eigenvalue weighted by molar-refractivity contribution is 5.16. The molecule has 0 aliphatic heterocycles. The first kappa shape index (κ1) is 22.6. The van der Waals surface area contributed by atoms with Gasteiger partial charge < -0.3 is 0 Å². The summed E-state index contributed by atoms with van der Waals surface area (Å²) in [5.41, 5.74) is 0.749. The normalized spacial score (nSPS) is 11.2. The van der Waals surface area contributed by atoms with Crippen molar-refractivity contribution in [2.24, 2.45) is 0 Å². The molecule has 28 heavy (non-hydrogen) atoms. The molecule has 0 saturated carbocycles. The molecule has 0 aliphatic carbocycles. The molecule has 0 atom stereocenters. The fraction of sp³-hybridized carbons (Fsp3) is 0.640. The molecule has 156 valence electrons. The molecule has 1 heterocycles. The molecule has 0 aliphatic rings. The Balaban J connectivity index is 1.55. The van der Waals surface area contributed by atoms with E-state index in [1.807, 2.05) is 12.1 Å². The lowest BCUT2D eigenvalue weighted by Crippen LogP contribution is -2.36. The summed E-state index contributed by atoms with van der Waals surface area (Å²) in [6, 6.07) is 7.05. The van der Waals surface area contributed by atoms with E-state index in [0.717, 1.165) is 12.1 Å². The zero-order valence-electron chi connectivity index (χ0n) is 18.1. The Morgan fingerprint density at radius 1 is 0.821 bits per heavy atom. The smallest absolute Gasteiger partial charge is 0.234 e. The third-order valence-corrected chi connectivity index (χ3v) is 5.81. The highest BCUT2D eigenvalue weighted by Gasteiger charge is 2.13. The summed E-state index contributed by atoms with van der Waals surface area (Å²) in [5.74, 6) is 1.08. The molecular weight excluding hydrogens is 347 g/mol. The van der Waals surface area contributed by atoms with E-state index in [0.29, 0.717) is 6.54 Å². The second-order valence-corrected chi connectivity index (χ2v) is 8.15. The number of hydrogen-bond acceptors (Lipinski definition) is 0. The Morgan fingerprint density at radius 2 is 1.39 bits per heavy atom. The van der Waals surface area contributed by atoms with E-state index < -0.39 is 0 Å². The fourth-order valence-corrected chi connectivity index (χ4v) is 3.88. The van der Waals surface area contributed by atoms with Crippen LogP contribution < -0.4 is 4.57 Å². The Bertz CT molecular complexity index is 662. The first-order valence-electron chi connectivity index (χ1n) is 11.5. The number of aromatic nitrogens is 2. The molecule has 2 aromatic rings. The summed E-state index contributed by atoms with van der Waals surface area (Å²) in [7, 11) is 0. The lowest BCUT2D eigenvalue weighted by Gasteiger charge is -2.04. The van der Waals surface area contributed by atoms with Crippen LogP contribution in [0.25, 0.3) is 0 Å². The van der Waals surface area contributed by atoms with Crippen LogP contribution in [-0.4, -0.2) is 4.57 Å². The molecule has 3 heteroatoms. The van der Waals surface area contributed by atoms with Crippen LogP contribution in [0.15, 0.2) is 36.7 Å². The van der Waals surface area contributed by atoms with E-state index in [-0.39, 0.29) is 5.82 Å². The van der Waals surface area contributed by atoms with Crippen LogP contribution in [0.5, 0.6) is 0 Å². The van der Waals surface area contributed by atoms with Crippen molar-refractivity contribution in [2.45, 2.75) is 104 Å². The topological polar surface area (TPSA) is 8.81 Å². The summed E-state index contributed by atoms with van der Waals surface area (Å²) < 4.78 is 18.3. The van der Waals surface area contributed by atoms with E-state index in [2.05, 4.69) is 35.4 Å². The van der Waals surface area contributed by atoms with Gasteiger partial charge in [0.1, 0.15) is 24.8 Å². The summed E-state index contributed by atoms with van der Waals surface area (Å²) in [5, 5.41) is 0. The van der Waals surface area contributed by atoms with Crippen molar-refractivity contribution in [3.8, 4) is 0 Å². The molecule has 0 unspecified atom stereocenters. The fourth-order valence-electron chi connectivity index (χ4n) is 3.88. The van der Waals surface area contributed by atoms with Gasteiger partial charge in [0.2, 0.25) is 0 Å². The van der Waals surface area contributed by atoms with E-state index in [1.54, 1.807) is 6.07 Å². The predicted octanol–water partition coefficient (Wildman–Crippen LogP) is 6.97. The molecule has 0 fully saturated rings. The van der Waals surface area contributed by atoms with Crippen molar-refractivity contribution in [3.05, 3.63) is 53.9 Å². The summed E-state index contributed by atoms with van der Waals surface area (Å²) in [6.07, 6.45) is 20.8. The molecule has 2 nitrogen and oxygen atoms in total. The minimum atomic E-state index is -0.122. The maximum atomic E-state index is 13.9. The first-order valence-corrected chi connectivity index (χ1v) is 11.5. The number of benzene rings is 1. The van der Waals surface area contributed by atoms with Crippen LogP contribution in [0, 0.1) is 12.7 Å². The minimum absolute atomic E-state index is 0.122. The number of rotatable bonds is 15.